The molecule has 0 fully saturated rings. The summed E-state index contributed by atoms with van der Waals surface area (Å²) in [4.78, 5) is 7.22. The van der Waals surface area contributed by atoms with E-state index in [1.165, 1.54) is 10.4 Å². The Morgan fingerprint density at radius 3 is 2.71 bits per heavy atom. The van der Waals surface area contributed by atoms with Gasteiger partial charge in [-0.2, -0.15) is 0 Å². The normalized spacial score (nSPS) is 16.5. The van der Waals surface area contributed by atoms with E-state index in [4.69, 9.17) is 32.9 Å². The van der Waals surface area contributed by atoms with Crippen molar-refractivity contribution in [1.29, 1.82) is 0 Å². The second-order valence-electron chi connectivity index (χ2n) is 7.71. The molecule has 0 unspecified atom stereocenters. The Labute approximate surface area is 202 Å². The predicted molar refractivity (Wildman–Crippen MR) is 131 cm³/mol. The monoisotopic (exact) mass is 510 g/mol. The lowest BCUT2D eigenvalue weighted by Gasteiger charge is -2.26. The van der Waals surface area contributed by atoms with Crippen molar-refractivity contribution in [3.05, 3.63) is 44.2 Å². The molecule has 4 aromatic rings. The number of fused-ring (bicyclic) bond motifs is 5. The molecule has 31 heavy (non-hydrogen) atoms. The molecule has 0 saturated carbocycles. The Bertz CT molecular complexity index is 1270. The number of hydrogen-bond donors (Lipinski definition) is 0. The molecule has 0 aliphatic carbocycles. The van der Waals surface area contributed by atoms with Gasteiger partial charge in [0, 0.05) is 27.1 Å². The van der Waals surface area contributed by atoms with Crippen LogP contribution < -0.4 is 0 Å². The highest BCUT2D eigenvalue weighted by Gasteiger charge is 2.29. The van der Waals surface area contributed by atoms with Crippen LogP contribution in [0, 0.1) is 5.92 Å². The molecule has 0 spiro atoms. The topological polar surface area (TPSA) is 52.3 Å². The van der Waals surface area contributed by atoms with Crippen molar-refractivity contribution in [2.45, 2.75) is 49.0 Å². The highest BCUT2D eigenvalue weighted by Crippen LogP contribution is 2.40. The van der Waals surface area contributed by atoms with Crippen LogP contribution >= 0.6 is 58.1 Å². The SMILES string of the molecule is CSc1nc2sc3c(c2c2nnc(SCc4c(Cl)cccc4Cl)n12)C[C@H](C(C)C)OC3. The average molecular weight is 512 g/mol. The van der Waals surface area contributed by atoms with Crippen LogP contribution in [0.2, 0.25) is 10.0 Å². The van der Waals surface area contributed by atoms with Crippen LogP contribution in [-0.4, -0.2) is 31.9 Å². The Morgan fingerprint density at radius 2 is 2.00 bits per heavy atom. The first-order valence-corrected chi connectivity index (χ1v) is 13.7. The van der Waals surface area contributed by atoms with Crippen LogP contribution in [0.15, 0.2) is 28.5 Å². The molecular weight excluding hydrogens is 491 g/mol. The molecule has 5 nitrogen and oxygen atoms in total. The minimum Gasteiger partial charge on any atom is -0.372 e. The van der Waals surface area contributed by atoms with Crippen molar-refractivity contribution >= 4 is 73.9 Å². The molecule has 1 aliphatic heterocycles. The van der Waals surface area contributed by atoms with Crippen molar-refractivity contribution in [3.8, 4) is 0 Å². The fourth-order valence-corrected chi connectivity index (χ4v) is 7.24. The summed E-state index contributed by atoms with van der Waals surface area (Å²) in [5.41, 5.74) is 3.08. The predicted octanol–water partition coefficient (Wildman–Crippen LogP) is 6.76. The van der Waals surface area contributed by atoms with E-state index in [1.54, 1.807) is 34.9 Å². The van der Waals surface area contributed by atoms with Gasteiger partial charge in [0.05, 0.1) is 18.1 Å². The van der Waals surface area contributed by atoms with Crippen molar-refractivity contribution < 1.29 is 4.74 Å². The zero-order valence-electron chi connectivity index (χ0n) is 17.2. The summed E-state index contributed by atoms with van der Waals surface area (Å²) in [5, 5.41) is 13.2. The number of aromatic nitrogens is 4. The maximum atomic E-state index is 6.36. The Kier molecular flexibility index (Phi) is 6.13. The second-order valence-corrected chi connectivity index (χ2v) is 11.3. The van der Waals surface area contributed by atoms with E-state index in [0.29, 0.717) is 28.3 Å². The summed E-state index contributed by atoms with van der Waals surface area (Å²) in [6.07, 6.45) is 3.12. The minimum atomic E-state index is 0.213. The molecule has 0 amide bonds. The molecule has 0 saturated heterocycles. The number of thiophene rings is 1. The van der Waals surface area contributed by atoms with Gasteiger partial charge in [-0.3, -0.25) is 0 Å². The highest BCUT2D eigenvalue weighted by molar-refractivity contribution is 7.99. The fourth-order valence-electron chi connectivity index (χ4n) is 3.79. The molecule has 162 valence electrons. The first kappa shape index (κ1) is 21.8. The van der Waals surface area contributed by atoms with E-state index < -0.39 is 0 Å². The van der Waals surface area contributed by atoms with Gasteiger partial charge in [0.15, 0.2) is 16.0 Å². The van der Waals surface area contributed by atoms with E-state index in [1.807, 2.05) is 24.5 Å². The van der Waals surface area contributed by atoms with E-state index in [0.717, 1.165) is 38.2 Å². The van der Waals surface area contributed by atoms with Crippen molar-refractivity contribution in [2.75, 3.05) is 6.26 Å². The third-order valence-electron chi connectivity index (χ3n) is 5.48. The number of thioether (sulfide) groups is 2. The fraction of sp³-hybridized carbons (Fsp3) is 0.381. The Hall–Kier alpha value is -1.03. The van der Waals surface area contributed by atoms with Gasteiger partial charge in [-0.25, -0.2) is 9.38 Å². The zero-order valence-corrected chi connectivity index (χ0v) is 21.1. The summed E-state index contributed by atoms with van der Waals surface area (Å²) >= 11 is 17.6. The van der Waals surface area contributed by atoms with E-state index in [2.05, 4.69) is 28.4 Å². The number of nitrogens with zero attached hydrogens (tertiary/aromatic N) is 4. The van der Waals surface area contributed by atoms with Gasteiger partial charge >= 0.3 is 0 Å². The maximum Gasteiger partial charge on any atom is 0.198 e. The van der Waals surface area contributed by atoms with Crippen LogP contribution in [0.25, 0.3) is 15.9 Å². The number of hydrogen-bond acceptors (Lipinski definition) is 7. The standard InChI is InChI=1S/C21H20Cl2N4OS3/c1-10(2)15-7-11-16(8-28-15)31-19-17(11)18-25-26-21(27(18)20(24-19)29-3)30-9-12-13(22)5-4-6-14(12)23/h4-6,10,15H,7-9H2,1-3H3/t15-/m1/s1. The molecular formula is C21H20Cl2N4OS3. The number of benzene rings is 1. The lowest BCUT2D eigenvalue weighted by molar-refractivity contribution is 0.00203. The molecule has 4 heterocycles. The van der Waals surface area contributed by atoms with Crippen molar-refractivity contribution in [2.24, 2.45) is 5.92 Å². The van der Waals surface area contributed by atoms with Crippen LogP contribution in [0.1, 0.15) is 29.9 Å². The van der Waals surface area contributed by atoms with Gasteiger partial charge in [-0.15, -0.1) is 21.5 Å². The quantitative estimate of drug-likeness (QED) is 0.218. The smallest absolute Gasteiger partial charge is 0.198 e. The zero-order chi connectivity index (χ0) is 21.7. The van der Waals surface area contributed by atoms with Crippen molar-refractivity contribution in [1.82, 2.24) is 19.6 Å². The first-order chi connectivity index (χ1) is 15.0. The summed E-state index contributed by atoms with van der Waals surface area (Å²) in [7, 11) is 0. The highest BCUT2D eigenvalue weighted by atomic mass is 35.5. The number of rotatable bonds is 5. The summed E-state index contributed by atoms with van der Waals surface area (Å²) in [5.74, 6) is 1.07. The average Bonchev–Trinajstić information content (AvgIpc) is 3.33. The van der Waals surface area contributed by atoms with Gasteiger partial charge in [-0.1, -0.05) is 66.6 Å². The van der Waals surface area contributed by atoms with Gasteiger partial charge < -0.3 is 4.74 Å². The van der Waals surface area contributed by atoms with Gasteiger partial charge in [0.1, 0.15) is 4.83 Å². The summed E-state index contributed by atoms with van der Waals surface area (Å²) in [6, 6.07) is 5.56. The molecule has 0 bridgehead atoms. The summed E-state index contributed by atoms with van der Waals surface area (Å²) < 4.78 is 8.15. The van der Waals surface area contributed by atoms with Gasteiger partial charge in [0.2, 0.25) is 0 Å². The van der Waals surface area contributed by atoms with Crippen LogP contribution in [0.3, 0.4) is 0 Å². The maximum absolute atomic E-state index is 6.36. The lowest BCUT2D eigenvalue weighted by Crippen LogP contribution is -2.26. The Morgan fingerprint density at radius 1 is 1.23 bits per heavy atom. The van der Waals surface area contributed by atoms with E-state index in [9.17, 15) is 0 Å². The Balaban J connectivity index is 1.60. The van der Waals surface area contributed by atoms with Crippen molar-refractivity contribution in [3.63, 3.8) is 0 Å². The third kappa shape index (κ3) is 3.85. The molecule has 5 rings (SSSR count). The minimum absolute atomic E-state index is 0.213. The lowest BCUT2D eigenvalue weighted by atomic mass is 9.96. The largest absolute Gasteiger partial charge is 0.372 e. The van der Waals surface area contributed by atoms with E-state index >= 15 is 0 Å². The second kappa shape index (κ2) is 8.72. The molecule has 1 atom stereocenters. The van der Waals surface area contributed by atoms with Crippen LogP contribution in [-0.2, 0) is 23.5 Å². The molecule has 3 aromatic heterocycles. The van der Waals surface area contributed by atoms with E-state index in [-0.39, 0.29) is 6.10 Å². The number of halogens is 2. The summed E-state index contributed by atoms with van der Waals surface area (Å²) in [6.45, 7) is 5.05. The van der Waals surface area contributed by atoms with Gasteiger partial charge in [0.25, 0.3) is 0 Å². The molecule has 1 aliphatic rings. The molecule has 0 N–H and O–H groups in total. The number of ether oxygens (including phenoxy) is 1. The van der Waals surface area contributed by atoms with Crippen LogP contribution in [0.4, 0.5) is 0 Å². The third-order valence-corrected chi connectivity index (χ3v) is 8.89. The van der Waals surface area contributed by atoms with Crippen LogP contribution in [0.5, 0.6) is 0 Å². The van der Waals surface area contributed by atoms with Gasteiger partial charge in [-0.05, 0) is 35.4 Å². The molecule has 0 radical (unpaired) electrons. The molecule has 1 aromatic carbocycles. The first-order valence-electron chi connectivity index (χ1n) is 9.88. The molecule has 10 heteroatoms.